The first-order chi connectivity index (χ1) is 9.32. The van der Waals surface area contributed by atoms with E-state index in [0.29, 0.717) is 13.1 Å². The Morgan fingerprint density at radius 1 is 1.35 bits per heavy atom. The predicted octanol–water partition coefficient (Wildman–Crippen LogP) is 1.12. The monoisotopic (exact) mass is 301 g/mol. The van der Waals surface area contributed by atoms with Gasteiger partial charge in [-0.25, -0.2) is 12.8 Å². The minimum atomic E-state index is -3.86. The minimum absolute atomic E-state index is 0.201. The van der Waals surface area contributed by atoms with Crippen LogP contribution in [-0.2, 0) is 10.0 Å². The van der Waals surface area contributed by atoms with Crippen molar-refractivity contribution >= 4 is 15.7 Å². The van der Waals surface area contributed by atoms with Crippen molar-refractivity contribution in [1.82, 2.24) is 9.21 Å². The molecule has 1 aromatic rings. The standard InChI is InChI=1S/C13H20FN3O2S/c1-10-9-16(2)6-3-7-17(10)20(18,19)13-8-11(15)4-5-12(13)14/h4-5,8,10H,3,6-7,9,15H2,1-2H3. The molecule has 1 heterocycles. The first-order valence-corrected chi connectivity index (χ1v) is 8.02. The molecular formula is C13H20FN3O2S. The van der Waals surface area contributed by atoms with Crippen LogP contribution in [-0.4, -0.2) is 50.3 Å². The third-order valence-electron chi connectivity index (χ3n) is 3.53. The lowest BCUT2D eigenvalue weighted by atomic mass is 10.3. The summed E-state index contributed by atoms with van der Waals surface area (Å²) in [6.45, 7) is 3.69. The average molecular weight is 301 g/mol. The van der Waals surface area contributed by atoms with E-state index in [9.17, 15) is 12.8 Å². The summed E-state index contributed by atoms with van der Waals surface area (Å²) in [7, 11) is -1.91. The highest BCUT2D eigenvalue weighted by molar-refractivity contribution is 7.89. The molecule has 0 aromatic heterocycles. The van der Waals surface area contributed by atoms with Gasteiger partial charge in [-0.1, -0.05) is 0 Å². The minimum Gasteiger partial charge on any atom is -0.399 e. The third kappa shape index (κ3) is 2.94. The molecule has 1 unspecified atom stereocenters. The van der Waals surface area contributed by atoms with E-state index in [0.717, 1.165) is 19.0 Å². The molecule has 0 amide bonds. The van der Waals surface area contributed by atoms with Crippen LogP contribution in [0, 0.1) is 5.82 Å². The molecule has 0 aliphatic carbocycles. The molecule has 5 nitrogen and oxygen atoms in total. The average Bonchev–Trinajstić information content (AvgIpc) is 2.53. The van der Waals surface area contributed by atoms with Crippen molar-refractivity contribution in [3.8, 4) is 0 Å². The number of benzene rings is 1. The van der Waals surface area contributed by atoms with E-state index < -0.39 is 15.8 Å². The van der Waals surface area contributed by atoms with Gasteiger partial charge in [-0.2, -0.15) is 4.31 Å². The van der Waals surface area contributed by atoms with Crippen LogP contribution in [0.5, 0.6) is 0 Å². The first-order valence-electron chi connectivity index (χ1n) is 6.58. The number of rotatable bonds is 2. The number of halogens is 1. The van der Waals surface area contributed by atoms with Crippen LogP contribution in [0.3, 0.4) is 0 Å². The summed E-state index contributed by atoms with van der Waals surface area (Å²) < 4.78 is 40.5. The molecule has 20 heavy (non-hydrogen) atoms. The van der Waals surface area contributed by atoms with Gasteiger partial charge in [0.25, 0.3) is 0 Å². The summed E-state index contributed by atoms with van der Waals surface area (Å²) in [5, 5.41) is 0. The molecule has 1 aliphatic rings. The number of likely N-dealkylation sites (N-methyl/N-ethyl adjacent to an activating group) is 1. The van der Waals surface area contributed by atoms with E-state index in [1.54, 1.807) is 0 Å². The van der Waals surface area contributed by atoms with Gasteiger partial charge in [0.15, 0.2) is 0 Å². The quantitative estimate of drug-likeness (QED) is 0.831. The van der Waals surface area contributed by atoms with Crippen molar-refractivity contribution < 1.29 is 12.8 Å². The van der Waals surface area contributed by atoms with Crippen molar-refractivity contribution in [2.75, 3.05) is 32.4 Å². The number of anilines is 1. The molecule has 0 bridgehead atoms. The molecule has 1 atom stereocenters. The largest absolute Gasteiger partial charge is 0.399 e. The van der Waals surface area contributed by atoms with Gasteiger partial charge in [0.05, 0.1) is 0 Å². The fourth-order valence-corrected chi connectivity index (χ4v) is 4.31. The molecular weight excluding hydrogens is 281 g/mol. The molecule has 2 N–H and O–H groups in total. The molecule has 1 fully saturated rings. The van der Waals surface area contributed by atoms with E-state index in [2.05, 4.69) is 4.90 Å². The number of nitrogens with two attached hydrogens (primary N) is 1. The summed E-state index contributed by atoms with van der Waals surface area (Å²) in [5.41, 5.74) is 5.82. The van der Waals surface area contributed by atoms with Crippen LogP contribution in [0.2, 0.25) is 0 Å². The Morgan fingerprint density at radius 3 is 2.75 bits per heavy atom. The zero-order valence-corrected chi connectivity index (χ0v) is 12.5. The van der Waals surface area contributed by atoms with Crippen molar-refractivity contribution in [3.05, 3.63) is 24.0 Å². The highest BCUT2D eigenvalue weighted by atomic mass is 32.2. The number of sulfonamides is 1. The topological polar surface area (TPSA) is 66.6 Å². The normalized spacial score (nSPS) is 22.6. The van der Waals surface area contributed by atoms with Crippen molar-refractivity contribution in [2.45, 2.75) is 24.3 Å². The molecule has 112 valence electrons. The zero-order chi connectivity index (χ0) is 14.9. The van der Waals surface area contributed by atoms with E-state index in [1.165, 1.54) is 16.4 Å². The van der Waals surface area contributed by atoms with E-state index in [1.807, 2.05) is 14.0 Å². The smallest absolute Gasteiger partial charge is 0.246 e. The molecule has 1 aliphatic heterocycles. The third-order valence-corrected chi connectivity index (χ3v) is 5.56. The van der Waals surface area contributed by atoms with Gasteiger partial charge < -0.3 is 10.6 Å². The molecule has 7 heteroatoms. The van der Waals surface area contributed by atoms with Crippen molar-refractivity contribution in [1.29, 1.82) is 0 Å². The highest BCUT2D eigenvalue weighted by Gasteiger charge is 2.33. The van der Waals surface area contributed by atoms with Gasteiger partial charge in [0, 0.05) is 24.8 Å². The van der Waals surface area contributed by atoms with Gasteiger partial charge in [-0.05, 0) is 45.1 Å². The zero-order valence-electron chi connectivity index (χ0n) is 11.7. The Morgan fingerprint density at radius 2 is 2.05 bits per heavy atom. The van der Waals surface area contributed by atoms with Crippen molar-refractivity contribution in [3.63, 3.8) is 0 Å². The van der Waals surface area contributed by atoms with Crippen LogP contribution in [0.25, 0.3) is 0 Å². The molecule has 0 spiro atoms. The van der Waals surface area contributed by atoms with Gasteiger partial charge in [-0.15, -0.1) is 0 Å². The van der Waals surface area contributed by atoms with Crippen LogP contribution in [0.15, 0.2) is 23.1 Å². The van der Waals surface area contributed by atoms with E-state index in [4.69, 9.17) is 5.73 Å². The Bertz CT molecular complexity index is 591. The fourth-order valence-electron chi connectivity index (χ4n) is 2.55. The SMILES string of the molecule is CC1CN(C)CCCN1S(=O)(=O)c1cc(N)ccc1F. The molecule has 1 saturated heterocycles. The Kier molecular flexibility index (Phi) is 4.31. The molecule has 2 rings (SSSR count). The maximum Gasteiger partial charge on any atom is 0.246 e. The van der Waals surface area contributed by atoms with Crippen LogP contribution < -0.4 is 5.73 Å². The Balaban J connectivity index is 2.41. The lowest BCUT2D eigenvalue weighted by molar-refractivity contribution is 0.290. The van der Waals surface area contributed by atoms with E-state index in [-0.39, 0.29) is 16.6 Å². The maximum absolute atomic E-state index is 13.9. The number of hydrogen-bond acceptors (Lipinski definition) is 4. The number of nitrogens with zero attached hydrogens (tertiary/aromatic N) is 2. The number of hydrogen-bond donors (Lipinski definition) is 1. The van der Waals surface area contributed by atoms with E-state index >= 15 is 0 Å². The first kappa shape index (κ1) is 15.2. The second kappa shape index (κ2) is 5.67. The summed E-state index contributed by atoms with van der Waals surface area (Å²) in [6, 6.07) is 3.44. The van der Waals surface area contributed by atoms with Gasteiger partial charge >= 0.3 is 0 Å². The second-order valence-electron chi connectivity index (χ2n) is 5.27. The molecule has 0 radical (unpaired) electrons. The second-order valence-corrected chi connectivity index (χ2v) is 7.13. The lowest BCUT2D eigenvalue weighted by Crippen LogP contribution is -2.42. The molecule has 1 aromatic carbocycles. The highest BCUT2D eigenvalue weighted by Crippen LogP contribution is 2.25. The lowest BCUT2D eigenvalue weighted by Gasteiger charge is -2.27. The summed E-state index contributed by atoms with van der Waals surface area (Å²) in [6.07, 6.45) is 0.726. The van der Waals surface area contributed by atoms with Gasteiger partial charge in [-0.3, -0.25) is 0 Å². The maximum atomic E-state index is 13.9. The summed E-state index contributed by atoms with van der Waals surface area (Å²) in [4.78, 5) is 1.74. The van der Waals surface area contributed by atoms with Gasteiger partial charge in [0.1, 0.15) is 10.7 Å². The van der Waals surface area contributed by atoms with Crippen molar-refractivity contribution in [2.24, 2.45) is 0 Å². The van der Waals surface area contributed by atoms with Crippen LogP contribution >= 0.6 is 0 Å². The summed E-state index contributed by atoms with van der Waals surface area (Å²) >= 11 is 0. The predicted molar refractivity (Wildman–Crippen MR) is 76.3 cm³/mol. The Hall–Kier alpha value is -1.18. The van der Waals surface area contributed by atoms with Crippen LogP contribution in [0.4, 0.5) is 10.1 Å². The fraction of sp³-hybridized carbons (Fsp3) is 0.538. The Labute approximate surface area is 119 Å². The van der Waals surface area contributed by atoms with Gasteiger partial charge in [0.2, 0.25) is 10.0 Å². The number of nitrogen functional groups attached to an aromatic ring is 1. The molecule has 0 saturated carbocycles. The summed E-state index contributed by atoms with van der Waals surface area (Å²) in [5.74, 6) is -0.760. The van der Waals surface area contributed by atoms with Crippen LogP contribution in [0.1, 0.15) is 13.3 Å².